The van der Waals surface area contributed by atoms with Crippen LogP contribution in [0.15, 0.2) is 0 Å². The van der Waals surface area contributed by atoms with E-state index in [-0.39, 0.29) is 0 Å². The molecule has 2 rings (SSSR count). The third-order valence-corrected chi connectivity index (χ3v) is 9.69. The summed E-state index contributed by atoms with van der Waals surface area (Å²) in [4.78, 5) is 41.9. The van der Waals surface area contributed by atoms with Crippen molar-refractivity contribution < 1.29 is 37.8 Å². The van der Waals surface area contributed by atoms with Crippen LogP contribution >= 0.6 is 7.56 Å². The molecule has 0 atom stereocenters. The van der Waals surface area contributed by atoms with Crippen LogP contribution in [0.1, 0.15) is 47.5 Å². The minimum atomic E-state index is -3.30. The highest BCUT2D eigenvalue weighted by molar-refractivity contribution is 7.70. The van der Waals surface area contributed by atoms with Crippen LogP contribution in [0.2, 0.25) is 0 Å². The first-order valence-electron chi connectivity index (χ1n) is 10.0. The van der Waals surface area contributed by atoms with Crippen molar-refractivity contribution in [3.63, 3.8) is 0 Å². The molecule has 0 aromatic rings. The van der Waals surface area contributed by atoms with Gasteiger partial charge in [-0.05, 0) is 34.1 Å². The zero-order chi connectivity index (χ0) is 22.2. The van der Waals surface area contributed by atoms with Crippen LogP contribution in [-0.4, -0.2) is 79.2 Å². The van der Waals surface area contributed by atoms with Gasteiger partial charge in [0, 0.05) is 26.2 Å². The molecule has 2 heterocycles. The summed E-state index contributed by atoms with van der Waals surface area (Å²) in [5.41, 5.74) is 0. The predicted molar refractivity (Wildman–Crippen MR) is 109 cm³/mol. The van der Waals surface area contributed by atoms with E-state index in [9.17, 15) is 19.2 Å². The van der Waals surface area contributed by atoms with Crippen molar-refractivity contribution in [2.45, 2.75) is 47.5 Å². The number of nitrogens with zero attached hydrogens (tertiary/aromatic N) is 2. The quantitative estimate of drug-likeness (QED) is 0.301. The van der Waals surface area contributed by atoms with Gasteiger partial charge >= 0.3 is 30.8 Å². The average Bonchev–Trinajstić information content (AvgIpc) is 3.10. The van der Waals surface area contributed by atoms with Crippen LogP contribution in [0, 0.1) is 0 Å². The second kappa shape index (κ2) is 10.9. The molecule has 0 saturated carbocycles. The fourth-order valence-corrected chi connectivity index (χ4v) is 7.72. The topological polar surface area (TPSA) is 112 Å². The lowest BCUT2D eigenvalue weighted by Gasteiger charge is -2.39. The van der Waals surface area contributed by atoms with Gasteiger partial charge in [-0.1, -0.05) is 13.3 Å². The first kappa shape index (κ1) is 25.3. The molecule has 0 aliphatic carbocycles. The Labute approximate surface area is 172 Å². The zero-order valence-electron chi connectivity index (χ0n) is 18.1. The van der Waals surface area contributed by atoms with E-state index in [2.05, 4.69) is 69.2 Å². The van der Waals surface area contributed by atoms with E-state index in [4.69, 9.17) is 0 Å². The van der Waals surface area contributed by atoms with E-state index in [1.54, 1.807) is 0 Å². The fourth-order valence-electron chi connectivity index (χ4n) is 3.45. The molecule has 2 fully saturated rings. The van der Waals surface area contributed by atoms with Gasteiger partial charge in [-0.3, -0.25) is 0 Å². The summed E-state index contributed by atoms with van der Waals surface area (Å²) in [5, 5.41) is 0. The van der Waals surface area contributed by atoms with Crippen molar-refractivity contribution >= 4 is 38.4 Å². The standard InChI is InChI=1S/C13H32N2P.C4BO8/c1-7-12-13-16(6,14(8-2)9-3)15(10-4)11-5;6-1-2(7)11-5(10-1)12-3(8)4(9)13-5/h7-13H2,1-6H3;/q+1;-1. The highest BCUT2D eigenvalue weighted by Gasteiger charge is 2.60. The molecule has 0 radical (unpaired) electrons. The maximum Gasteiger partial charge on any atom is 0.786 e. The van der Waals surface area contributed by atoms with Gasteiger partial charge in [0.05, 0.1) is 12.8 Å². The van der Waals surface area contributed by atoms with Gasteiger partial charge in [0.15, 0.2) is 0 Å². The van der Waals surface area contributed by atoms with E-state index in [1.165, 1.54) is 45.2 Å². The maximum absolute atomic E-state index is 10.5. The Kier molecular flexibility index (Phi) is 9.52. The molecule has 2 aliphatic heterocycles. The number of hydrogen-bond acceptors (Lipinski definition) is 10. The Bertz CT molecular complexity index is 543. The van der Waals surface area contributed by atoms with E-state index < -0.39 is 38.4 Å². The number of carbonyl (C=O) groups is 4. The summed E-state index contributed by atoms with van der Waals surface area (Å²) >= 11 is 0. The Morgan fingerprint density at radius 1 is 0.690 bits per heavy atom. The molecular formula is C17H32BN2O8P. The van der Waals surface area contributed by atoms with Crippen molar-refractivity contribution in [1.82, 2.24) is 9.34 Å². The smallest absolute Gasteiger partial charge is 0.576 e. The summed E-state index contributed by atoms with van der Waals surface area (Å²) in [6, 6.07) is 0. The average molecular weight is 434 g/mol. The number of rotatable bonds is 9. The summed E-state index contributed by atoms with van der Waals surface area (Å²) in [6.45, 7) is 15.5. The van der Waals surface area contributed by atoms with Crippen molar-refractivity contribution in [3.05, 3.63) is 0 Å². The Balaban J connectivity index is 0.000000294. The minimum Gasteiger partial charge on any atom is -0.576 e. The summed E-state index contributed by atoms with van der Waals surface area (Å²) in [5.74, 6) is -5.49. The lowest BCUT2D eigenvalue weighted by atomic mass is 10.1. The summed E-state index contributed by atoms with van der Waals surface area (Å²) < 4.78 is 22.0. The second-order valence-electron chi connectivity index (χ2n) is 6.64. The minimum absolute atomic E-state index is 1.04. The molecule has 166 valence electrons. The molecule has 0 aromatic heterocycles. The fraction of sp³-hybridized carbons (Fsp3) is 0.765. The molecule has 12 heteroatoms. The van der Waals surface area contributed by atoms with Crippen LogP contribution in [0.3, 0.4) is 0 Å². The molecule has 0 amide bonds. The van der Waals surface area contributed by atoms with Crippen molar-refractivity contribution in [2.75, 3.05) is 39.0 Å². The van der Waals surface area contributed by atoms with E-state index in [0.717, 1.165) is 0 Å². The Hall–Kier alpha value is -1.71. The molecule has 2 aliphatic rings. The van der Waals surface area contributed by atoms with Crippen molar-refractivity contribution in [2.24, 2.45) is 0 Å². The Morgan fingerprint density at radius 2 is 1.00 bits per heavy atom. The summed E-state index contributed by atoms with van der Waals surface area (Å²) in [6.07, 6.45) is 4.09. The van der Waals surface area contributed by atoms with Crippen LogP contribution in [0.4, 0.5) is 0 Å². The highest BCUT2D eigenvalue weighted by atomic mass is 31.2. The maximum atomic E-state index is 10.5. The van der Waals surface area contributed by atoms with E-state index in [1.807, 2.05) is 0 Å². The Morgan fingerprint density at radius 3 is 1.24 bits per heavy atom. The molecule has 29 heavy (non-hydrogen) atoms. The van der Waals surface area contributed by atoms with Gasteiger partial charge in [-0.15, -0.1) is 0 Å². The van der Waals surface area contributed by atoms with Gasteiger partial charge in [0.1, 0.15) is 7.56 Å². The van der Waals surface area contributed by atoms with Crippen molar-refractivity contribution in [3.8, 4) is 0 Å². The van der Waals surface area contributed by atoms with E-state index >= 15 is 0 Å². The third kappa shape index (κ3) is 5.90. The molecular weight excluding hydrogens is 402 g/mol. The lowest BCUT2D eigenvalue weighted by molar-refractivity contribution is -0.150. The van der Waals surface area contributed by atoms with Crippen LogP contribution in [-0.2, 0) is 37.8 Å². The normalized spacial score (nSPS) is 17.8. The molecule has 10 nitrogen and oxygen atoms in total. The zero-order valence-corrected chi connectivity index (χ0v) is 19.0. The first-order chi connectivity index (χ1) is 13.6. The van der Waals surface area contributed by atoms with Gasteiger partial charge < -0.3 is 18.6 Å². The molecule has 0 unspecified atom stereocenters. The van der Waals surface area contributed by atoms with Crippen LogP contribution in [0.25, 0.3) is 0 Å². The monoisotopic (exact) mass is 434 g/mol. The SMILES string of the molecule is CCCC[P+](C)(N(CC)CC)N(CC)CC.O=C1O[B-]2(OC1=O)OC(=O)C(=O)O2. The third-order valence-electron chi connectivity index (χ3n) is 4.95. The van der Waals surface area contributed by atoms with Gasteiger partial charge in [-0.25, -0.2) is 19.2 Å². The van der Waals surface area contributed by atoms with Gasteiger partial charge in [-0.2, -0.15) is 9.34 Å². The molecule has 0 N–H and O–H groups in total. The van der Waals surface area contributed by atoms with Crippen molar-refractivity contribution in [1.29, 1.82) is 0 Å². The number of carbonyl (C=O) groups excluding carboxylic acids is 4. The molecule has 1 spiro atoms. The largest absolute Gasteiger partial charge is 0.786 e. The molecule has 0 bridgehead atoms. The van der Waals surface area contributed by atoms with Crippen LogP contribution < -0.4 is 0 Å². The van der Waals surface area contributed by atoms with E-state index in [0.29, 0.717) is 0 Å². The molecule has 0 aromatic carbocycles. The number of hydrogen-bond donors (Lipinski definition) is 0. The molecule has 2 saturated heterocycles. The summed E-state index contributed by atoms with van der Waals surface area (Å²) in [7, 11) is -1.04. The predicted octanol–water partition coefficient (Wildman–Crippen LogP) is 1.57. The number of unbranched alkanes of at least 4 members (excludes halogenated alkanes) is 1. The first-order valence-corrected chi connectivity index (χ1v) is 12.4. The van der Waals surface area contributed by atoms with Gasteiger partial charge in [0.2, 0.25) is 0 Å². The van der Waals surface area contributed by atoms with Gasteiger partial charge in [0.25, 0.3) is 0 Å². The second-order valence-corrected chi connectivity index (χ2v) is 10.4. The highest BCUT2D eigenvalue weighted by Crippen LogP contribution is 2.61. The lowest BCUT2D eigenvalue weighted by Crippen LogP contribution is -2.40. The van der Waals surface area contributed by atoms with Crippen LogP contribution in [0.5, 0.6) is 0 Å².